The number of hydrazone groups is 1. The van der Waals surface area contributed by atoms with Crippen molar-refractivity contribution in [1.29, 1.82) is 0 Å². The van der Waals surface area contributed by atoms with Gasteiger partial charge in [-0.1, -0.05) is 6.07 Å². The maximum atomic E-state index is 13.4. The first-order valence-electron chi connectivity index (χ1n) is 6.58. The van der Waals surface area contributed by atoms with Crippen molar-refractivity contribution in [2.24, 2.45) is 10.8 Å². The van der Waals surface area contributed by atoms with E-state index in [4.69, 9.17) is 5.73 Å². The highest BCUT2D eigenvalue weighted by atomic mass is 19.1. The Labute approximate surface area is 127 Å². The smallest absolute Gasteiger partial charge is 0.252 e. The lowest BCUT2D eigenvalue weighted by molar-refractivity contribution is 0.0997. The Morgan fingerprint density at radius 2 is 2.00 bits per heavy atom. The number of anilines is 1. The molecule has 4 N–H and O–H groups in total. The third-order valence-corrected chi connectivity index (χ3v) is 3.20. The van der Waals surface area contributed by atoms with Crippen molar-refractivity contribution < 1.29 is 14.3 Å². The van der Waals surface area contributed by atoms with Crippen LogP contribution in [0.3, 0.4) is 0 Å². The summed E-state index contributed by atoms with van der Waals surface area (Å²) < 4.78 is 13.4. The lowest BCUT2D eigenvalue weighted by Crippen LogP contribution is -2.12. The topological polar surface area (TPSA) is 87.7 Å². The number of nitrogens with one attached hydrogen (secondary N) is 1. The molecule has 0 saturated heterocycles. The summed E-state index contributed by atoms with van der Waals surface area (Å²) in [6.07, 6.45) is 0. The number of phenols is 1. The molecule has 0 radical (unpaired) electrons. The molecule has 0 aliphatic carbocycles. The van der Waals surface area contributed by atoms with Gasteiger partial charge in [0.05, 0.1) is 17.0 Å². The minimum atomic E-state index is -0.722. The molecule has 2 aromatic rings. The van der Waals surface area contributed by atoms with Crippen LogP contribution in [0.4, 0.5) is 10.1 Å². The molecule has 0 unspecified atom stereocenters. The Kier molecular flexibility index (Phi) is 4.41. The SMILES string of the molecule is C/C(=N\Nc1ccc(C)c(F)c1)c1ccc(O)c(C(N)=O)c1. The Morgan fingerprint density at radius 3 is 2.64 bits per heavy atom. The number of nitrogens with zero attached hydrogens (tertiary/aromatic N) is 1. The van der Waals surface area contributed by atoms with Gasteiger partial charge in [0.1, 0.15) is 11.6 Å². The van der Waals surface area contributed by atoms with E-state index < -0.39 is 5.91 Å². The first-order chi connectivity index (χ1) is 10.4. The number of aromatic hydroxyl groups is 1. The highest BCUT2D eigenvalue weighted by Gasteiger charge is 2.09. The fourth-order valence-electron chi connectivity index (χ4n) is 1.83. The molecule has 0 heterocycles. The Balaban J connectivity index is 2.23. The van der Waals surface area contributed by atoms with Crippen molar-refractivity contribution in [2.75, 3.05) is 5.43 Å². The number of halogens is 1. The molecule has 2 aromatic carbocycles. The summed E-state index contributed by atoms with van der Waals surface area (Å²) in [4.78, 5) is 11.2. The van der Waals surface area contributed by atoms with Gasteiger partial charge in [0.15, 0.2) is 0 Å². The summed E-state index contributed by atoms with van der Waals surface area (Å²) in [6.45, 7) is 3.39. The van der Waals surface area contributed by atoms with Gasteiger partial charge in [-0.3, -0.25) is 10.2 Å². The van der Waals surface area contributed by atoms with Crippen LogP contribution in [0.25, 0.3) is 0 Å². The number of carbonyl (C=O) groups excluding carboxylic acids is 1. The van der Waals surface area contributed by atoms with E-state index in [1.165, 1.54) is 18.2 Å². The molecule has 2 rings (SSSR count). The number of amides is 1. The van der Waals surface area contributed by atoms with E-state index in [-0.39, 0.29) is 17.1 Å². The Hall–Kier alpha value is -2.89. The molecule has 5 nitrogen and oxygen atoms in total. The zero-order chi connectivity index (χ0) is 16.3. The summed E-state index contributed by atoms with van der Waals surface area (Å²) in [7, 11) is 0. The van der Waals surface area contributed by atoms with Gasteiger partial charge >= 0.3 is 0 Å². The fourth-order valence-corrected chi connectivity index (χ4v) is 1.83. The van der Waals surface area contributed by atoms with Crippen molar-refractivity contribution in [3.63, 3.8) is 0 Å². The number of rotatable bonds is 4. The molecule has 0 bridgehead atoms. The van der Waals surface area contributed by atoms with Crippen LogP contribution in [0.2, 0.25) is 0 Å². The molecule has 0 fully saturated rings. The van der Waals surface area contributed by atoms with Crippen LogP contribution in [-0.2, 0) is 0 Å². The van der Waals surface area contributed by atoms with E-state index >= 15 is 0 Å². The first-order valence-corrected chi connectivity index (χ1v) is 6.58. The van der Waals surface area contributed by atoms with Crippen molar-refractivity contribution >= 4 is 17.3 Å². The monoisotopic (exact) mass is 301 g/mol. The molecule has 0 atom stereocenters. The quantitative estimate of drug-likeness (QED) is 0.599. The number of hydrogen-bond acceptors (Lipinski definition) is 4. The maximum Gasteiger partial charge on any atom is 0.252 e. The van der Waals surface area contributed by atoms with Crippen LogP contribution in [0.1, 0.15) is 28.4 Å². The predicted octanol–water partition coefficient (Wildman–Crippen LogP) is 2.77. The van der Waals surface area contributed by atoms with E-state index in [1.807, 2.05) is 0 Å². The summed E-state index contributed by atoms with van der Waals surface area (Å²) in [5, 5.41) is 13.7. The van der Waals surface area contributed by atoms with Crippen LogP contribution >= 0.6 is 0 Å². The molecule has 6 heteroatoms. The lowest BCUT2D eigenvalue weighted by atomic mass is 10.1. The summed E-state index contributed by atoms with van der Waals surface area (Å²) in [6, 6.07) is 9.14. The fraction of sp³-hybridized carbons (Fsp3) is 0.125. The minimum absolute atomic E-state index is 0.0217. The first kappa shape index (κ1) is 15.5. The van der Waals surface area contributed by atoms with Crippen LogP contribution in [0.5, 0.6) is 5.75 Å². The van der Waals surface area contributed by atoms with Crippen LogP contribution in [0, 0.1) is 12.7 Å². The molecule has 0 saturated carbocycles. The molecule has 1 amide bonds. The molecule has 0 spiro atoms. The van der Waals surface area contributed by atoms with Crippen molar-refractivity contribution in [3.8, 4) is 5.75 Å². The minimum Gasteiger partial charge on any atom is -0.507 e. The number of nitrogens with two attached hydrogens (primary N) is 1. The zero-order valence-corrected chi connectivity index (χ0v) is 12.2. The predicted molar refractivity (Wildman–Crippen MR) is 83.6 cm³/mol. The van der Waals surface area contributed by atoms with Gasteiger partial charge < -0.3 is 10.8 Å². The zero-order valence-electron chi connectivity index (χ0n) is 12.2. The molecule has 114 valence electrons. The van der Waals surface area contributed by atoms with Gasteiger partial charge in [-0.25, -0.2) is 4.39 Å². The Morgan fingerprint density at radius 1 is 1.27 bits per heavy atom. The molecule has 0 aromatic heterocycles. The van der Waals surface area contributed by atoms with Crippen molar-refractivity contribution in [1.82, 2.24) is 0 Å². The highest BCUT2D eigenvalue weighted by Crippen LogP contribution is 2.19. The number of primary amides is 1. The van der Waals surface area contributed by atoms with E-state index in [9.17, 15) is 14.3 Å². The van der Waals surface area contributed by atoms with E-state index in [2.05, 4.69) is 10.5 Å². The van der Waals surface area contributed by atoms with Gasteiger partial charge in [-0.05, 0) is 55.3 Å². The number of benzene rings is 2. The summed E-state index contributed by atoms with van der Waals surface area (Å²) in [5.41, 5.74) is 10.2. The standard InChI is InChI=1S/C16H16FN3O2/c1-9-3-5-12(8-14(9)17)20-19-10(2)11-4-6-15(21)13(7-11)16(18)22/h3-8,20-21H,1-2H3,(H2,18,22)/b19-10+. The van der Waals surface area contributed by atoms with Crippen molar-refractivity contribution in [2.45, 2.75) is 13.8 Å². The maximum absolute atomic E-state index is 13.4. The van der Waals surface area contributed by atoms with Gasteiger partial charge in [-0.15, -0.1) is 0 Å². The van der Waals surface area contributed by atoms with Crippen LogP contribution < -0.4 is 11.2 Å². The van der Waals surface area contributed by atoms with Crippen molar-refractivity contribution in [3.05, 3.63) is 58.9 Å². The Bertz CT molecular complexity index is 757. The van der Waals surface area contributed by atoms with Gasteiger partial charge in [-0.2, -0.15) is 5.10 Å². The molecule has 0 aliphatic heterocycles. The highest BCUT2D eigenvalue weighted by molar-refractivity contribution is 6.03. The van der Waals surface area contributed by atoms with Gasteiger partial charge in [0.25, 0.3) is 5.91 Å². The molecular formula is C16H16FN3O2. The lowest BCUT2D eigenvalue weighted by Gasteiger charge is -2.07. The molecule has 0 aliphatic rings. The number of aryl methyl sites for hydroxylation is 1. The second-order valence-electron chi connectivity index (χ2n) is 4.87. The normalized spacial score (nSPS) is 11.3. The van der Waals surface area contributed by atoms with Crippen LogP contribution in [0.15, 0.2) is 41.5 Å². The summed E-state index contributed by atoms with van der Waals surface area (Å²) >= 11 is 0. The third-order valence-electron chi connectivity index (χ3n) is 3.20. The van der Waals surface area contributed by atoms with E-state index in [0.29, 0.717) is 22.5 Å². The third kappa shape index (κ3) is 3.41. The second-order valence-corrected chi connectivity index (χ2v) is 4.87. The largest absolute Gasteiger partial charge is 0.507 e. The average Bonchev–Trinajstić information content (AvgIpc) is 2.48. The van der Waals surface area contributed by atoms with Crippen LogP contribution in [-0.4, -0.2) is 16.7 Å². The van der Waals surface area contributed by atoms with Gasteiger partial charge in [0.2, 0.25) is 0 Å². The molecule has 22 heavy (non-hydrogen) atoms. The number of carbonyl (C=O) groups is 1. The number of hydrogen-bond donors (Lipinski definition) is 3. The van der Waals surface area contributed by atoms with E-state index in [1.54, 1.807) is 32.0 Å². The summed E-state index contributed by atoms with van der Waals surface area (Å²) in [5.74, 6) is -1.23. The average molecular weight is 301 g/mol. The molecular weight excluding hydrogens is 285 g/mol. The van der Waals surface area contributed by atoms with E-state index in [0.717, 1.165) is 0 Å². The second kappa shape index (κ2) is 6.26. The van der Waals surface area contributed by atoms with Gasteiger partial charge in [0, 0.05) is 0 Å².